The molecule has 10 aromatic rings. The van der Waals surface area contributed by atoms with Crippen molar-refractivity contribution in [2.75, 3.05) is 0 Å². The number of rotatable bonds is 7. The van der Waals surface area contributed by atoms with Crippen molar-refractivity contribution in [1.82, 2.24) is 19.5 Å². The fourth-order valence-electron chi connectivity index (χ4n) is 8.02. The van der Waals surface area contributed by atoms with Gasteiger partial charge in [0.25, 0.3) is 0 Å². The molecular weight excluding hydrogens is 762 g/mol. The van der Waals surface area contributed by atoms with Crippen LogP contribution in [-0.4, -0.2) is 19.5 Å². The lowest BCUT2D eigenvalue weighted by Gasteiger charge is -2.17. The SMILES string of the molecule is Cc1ccc(-c2ccc3c(c2)c2cc(-c4ccc(C)cc4)ccc2n3-c2cc(-c3cccc(C(F)(F)F)c3)ccc2-c2nc(-c3ccccc3)nc(-c3ccccc3)n2)cc1. The minimum Gasteiger partial charge on any atom is -0.308 e. The molecule has 0 saturated carbocycles. The largest absolute Gasteiger partial charge is 0.416 e. The summed E-state index contributed by atoms with van der Waals surface area (Å²) < 4.78 is 44.5. The summed E-state index contributed by atoms with van der Waals surface area (Å²) in [6.45, 7) is 4.16. The molecule has 0 bridgehead atoms. The van der Waals surface area contributed by atoms with Gasteiger partial charge in [-0.2, -0.15) is 13.2 Å². The third kappa shape index (κ3) is 7.25. The van der Waals surface area contributed by atoms with Crippen LogP contribution in [0.5, 0.6) is 0 Å². The first-order chi connectivity index (χ1) is 29.7. The third-order valence-corrected chi connectivity index (χ3v) is 11.2. The normalized spacial score (nSPS) is 11.7. The summed E-state index contributed by atoms with van der Waals surface area (Å²) >= 11 is 0. The Bertz CT molecular complexity index is 3070. The van der Waals surface area contributed by atoms with Crippen molar-refractivity contribution >= 4 is 21.8 Å². The van der Waals surface area contributed by atoms with E-state index in [0.29, 0.717) is 39.9 Å². The summed E-state index contributed by atoms with van der Waals surface area (Å²) in [5, 5.41) is 2.06. The Morgan fingerprint density at radius 1 is 0.377 bits per heavy atom. The fraction of sp³-hybridized carbons (Fsp3) is 0.0556. The number of hydrogen-bond donors (Lipinski definition) is 0. The fourth-order valence-corrected chi connectivity index (χ4v) is 8.02. The maximum absolute atomic E-state index is 14.1. The predicted octanol–water partition coefficient (Wildman–Crippen LogP) is 14.6. The molecule has 7 heteroatoms. The smallest absolute Gasteiger partial charge is 0.308 e. The summed E-state index contributed by atoms with van der Waals surface area (Å²) in [6, 6.07) is 60.8. The lowest BCUT2D eigenvalue weighted by Crippen LogP contribution is -2.05. The van der Waals surface area contributed by atoms with E-state index in [0.717, 1.165) is 61.3 Å². The molecule has 0 unspecified atom stereocenters. The van der Waals surface area contributed by atoms with Crippen molar-refractivity contribution in [2.45, 2.75) is 20.0 Å². The molecular formula is C54H37F3N4. The minimum absolute atomic E-state index is 0.431. The maximum atomic E-state index is 14.1. The molecule has 61 heavy (non-hydrogen) atoms. The van der Waals surface area contributed by atoms with Gasteiger partial charge in [0.1, 0.15) is 0 Å². The molecule has 0 aliphatic rings. The van der Waals surface area contributed by atoms with E-state index < -0.39 is 11.7 Å². The van der Waals surface area contributed by atoms with Crippen LogP contribution in [0.2, 0.25) is 0 Å². The molecule has 8 aromatic carbocycles. The number of aryl methyl sites for hydroxylation is 2. The van der Waals surface area contributed by atoms with Crippen LogP contribution in [0.1, 0.15) is 16.7 Å². The first-order valence-electron chi connectivity index (χ1n) is 20.1. The van der Waals surface area contributed by atoms with Gasteiger partial charge >= 0.3 is 6.18 Å². The Labute approximate surface area is 351 Å². The second-order valence-electron chi connectivity index (χ2n) is 15.4. The van der Waals surface area contributed by atoms with Crippen molar-refractivity contribution < 1.29 is 13.2 Å². The van der Waals surface area contributed by atoms with Crippen LogP contribution < -0.4 is 0 Å². The molecule has 10 rings (SSSR count). The topological polar surface area (TPSA) is 43.6 Å². The number of aromatic nitrogens is 4. The Morgan fingerprint density at radius 2 is 0.803 bits per heavy atom. The average Bonchev–Trinajstić information content (AvgIpc) is 3.62. The third-order valence-electron chi connectivity index (χ3n) is 11.2. The minimum atomic E-state index is -4.50. The molecule has 0 radical (unpaired) electrons. The second kappa shape index (κ2) is 15.2. The molecule has 294 valence electrons. The zero-order valence-electron chi connectivity index (χ0n) is 33.3. The van der Waals surface area contributed by atoms with Gasteiger partial charge in [0.2, 0.25) is 0 Å². The van der Waals surface area contributed by atoms with Crippen LogP contribution in [0.15, 0.2) is 188 Å². The molecule has 0 N–H and O–H groups in total. The van der Waals surface area contributed by atoms with Gasteiger partial charge in [-0.05, 0) is 95.8 Å². The predicted molar refractivity (Wildman–Crippen MR) is 241 cm³/mol. The molecule has 0 spiro atoms. The molecule has 2 heterocycles. The Kier molecular flexibility index (Phi) is 9.37. The highest BCUT2D eigenvalue weighted by atomic mass is 19.4. The molecule has 0 amide bonds. The van der Waals surface area contributed by atoms with Crippen LogP contribution in [-0.2, 0) is 6.18 Å². The van der Waals surface area contributed by atoms with Gasteiger partial charge in [-0.1, -0.05) is 151 Å². The van der Waals surface area contributed by atoms with E-state index >= 15 is 0 Å². The molecule has 0 atom stereocenters. The highest BCUT2D eigenvalue weighted by Crippen LogP contribution is 2.42. The van der Waals surface area contributed by atoms with Crippen LogP contribution >= 0.6 is 0 Å². The first kappa shape index (κ1) is 37.6. The molecule has 2 aromatic heterocycles. The van der Waals surface area contributed by atoms with E-state index in [-0.39, 0.29) is 0 Å². The van der Waals surface area contributed by atoms with E-state index in [1.165, 1.54) is 23.3 Å². The van der Waals surface area contributed by atoms with Gasteiger partial charge in [0, 0.05) is 27.5 Å². The summed E-state index contributed by atoms with van der Waals surface area (Å²) in [4.78, 5) is 15.2. The van der Waals surface area contributed by atoms with Crippen LogP contribution in [0, 0.1) is 13.8 Å². The van der Waals surface area contributed by atoms with Gasteiger partial charge in [0.15, 0.2) is 17.5 Å². The van der Waals surface area contributed by atoms with Crippen molar-refractivity contribution in [3.05, 3.63) is 205 Å². The lowest BCUT2D eigenvalue weighted by molar-refractivity contribution is -0.137. The van der Waals surface area contributed by atoms with E-state index in [2.05, 4.69) is 103 Å². The molecule has 0 fully saturated rings. The number of alkyl halides is 3. The second-order valence-corrected chi connectivity index (χ2v) is 15.4. The number of hydrogen-bond acceptors (Lipinski definition) is 3. The summed E-state index contributed by atoms with van der Waals surface area (Å²) in [5.74, 6) is 1.44. The Hall–Kier alpha value is -7.64. The van der Waals surface area contributed by atoms with Crippen LogP contribution in [0.25, 0.3) is 95.0 Å². The summed E-state index contributed by atoms with van der Waals surface area (Å²) in [7, 11) is 0. The van der Waals surface area contributed by atoms with Gasteiger partial charge in [-0.15, -0.1) is 0 Å². The van der Waals surface area contributed by atoms with Gasteiger partial charge in [0.05, 0.1) is 22.3 Å². The Morgan fingerprint density at radius 3 is 1.31 bits per heavy atom. The number of nitrogens with zero attached hydrogens (tertiary/aromatic N) is 4. The van der Waals surface area contributed by atoms with E-state index in [1.54, 1.807) is 6.07 Å². The van der Waals surface area contributed by atoms with Crippen molar-refractivity contribution in [3.63, 3.8) is 0 Å². The maximum Gasteiger partial charge on any atom is 0.416 e. The molecule has 4 nitrogen and oxygen atoms in total. The Balaban J connectivity index is 1.28. The van der Waals surface area contributed by atoms with E-state index in [4.69, 9.17) is 15.0 Å². The molecule has 0 aliphatic heterocycles. The van der Waals surface area contributed by atoms with Gasteiger partial charge < -0.3 is 4.57 Å². The van der Waals surface area contributed by atoms with Crippen molar-refractivity contribution in [2.24, 2.45) is 0 Å². The molecule has 0 aliphatic carbocycles. The van der Waals surface area contributed by atoms with E-state index in [1.807, 2.05) is 78.9 Å². The van der Waals surface area contributed by atoms with Crippen LogP contribution in [0.4, 0.5) is 13.2 Å². The average molecular weight is 799 g/mol. The molecule has 0 saturated heterocycles. The summed E-state index contributed by atoms with van der Waals surface area (Å²) in [5.41, 5.74) is 12.0. The highest BCUT2D eigenvalue weighted by Gasteiger charge is 2.30. The standard InChI is InChI=1S/C54H37F3N4/c1-34-16-20-36(21-17-34)41-25-28-48-46(31-41)47-32-42(37-22-18-35(2)19-23-37)26-29-49(47)61(48)50-33-43(40-14-9-15-44(30-40)54(55,56)57)24-27-45(50)53-59-51(38-10-5-3-6-11-38)58-52(60-53)39-12-7-4-8-13-39/h3-33H,1-2H3. The van der Waals surface area contributed by atoms with Crippen molar-refractivity contribution in [1.29, 1.82) is 0 Å². The lowest BCUT2D eigenvalue weighted by atomic mass is 9.99. The van der Waals surface area contributed by atoms with Gasteiger partial charge in [-0.25, -0.2) is 15.0 Å². The van der Waals surface area contributed by atoms with Gasteiger partial charge in [-0.3, -0.25) is 0 Å². The first-order valence-corrected chi connectivity index (χ1v) is 20.1. The number of fused-ring (bicyclic) bond motifs is 3. The monoisotopic (exact) mass is 798 g/mol. The number of benzene rings is 8. The zero-order chi connectivity index (χ0) is 41.7. The van der Waals surface area contributed by atoms with Crippen LogP contribution in [0.3, 0.4) is 0 Å². The summed E-state index contributed by atoms with van der Waals surface area (Å²) in [6.07, 6.45) is -4.50. The highest BCUT2D eigenvalue weighted by molar-refractivity contribution is 6.12. The van der Waals surface area contributed by atoms with Crippen molar-refractivity contribution in [3.8, 4) is 73.2 Å². The number of halogens is 3. The zero-order valence-corrected chi connectivity index (χ0v) is 33.3. The quantitative estimate of drug-likeness (QED) is 0.161. The van der Waals surface area contributed by atoms with E-state index in [9.17, 15) is 13.2 Å².